The summed E-state index contributed by atoms with van der Waals surface area (Å²) in [5.74, 6) is 3.02. The third kappa shape index (κ3) is 2.23. The number of nitrogens with zero attached hydrogens (tertiary/aromatic N) is 1. The molecule has 1 saturated carbocycles. The summed E-state index contributed by atoms with van der Waals surface area (Å²) in [4.78, 5) is 7.50. The third-order valence-corrected chi connectivity index (χ3v) is 4.67. The lowest BCUT2D eigenvalue weighted by Gasteiger charge is -2.39. The normalized spacial score (nSPS) is 23.7. The van der Waals surface area contributed by atoms with Gasteiger partial charge in [0.15, 0.2) is 0 Å². The number of aromatic amines is 1. The maximum absolute atomic E-state index is 9.98. The molecule has 3 N–H and O–H groups in total. The average molecular weight is 297 g/mol. The summed E-state index contributed by atoms with van der Waals surface area (Å²) in [5.41, 5.74) is 3.16. The quantitative estimate of drug-likeness (QED) is 0.756. The van der Waals surface area contributed by atoms with E-state index >= 15 is 0 Å². The summed E-state index contributed by atoms with van der Waals surface area (Å²) in [6, 6.07) is 2.62. The predicted molar refractivity (Wildman–Crippen MR) is 87.5 cm³/mol. The van der Waals surface area contributed by atoms with Gasteiger partial charge in [0.05, 0.1) is 6.20 Å². The monoisotopic (exact) mass is 297 g/mol. The molecule has 1 aliphatic carbocycles. The number of rotatable bonds is 4. The molecule has 2 aliphatic rings. The van der Waals surface area contributed by atoms with Crippen LogP contribution >= 0.6 is 0 Å². The molecule has 1 aliphatic heterocycles. The molecule has 0 unspecified atom stereocenters. The van der Waals surface area contributed by atoms with E-state index in [-0.39, 0.29) is 0 Å². The Morgan fingerprint density at radius 3 is 3.18 bits per heavy atom. The fourth-order valence-electron chi connectivity index (χ4n) is 3.50. The first-order valence-corrected chi connectivity index (χ1v) is 8.02. The number of hydrogen-bond donors (Lipinski definition) is 3. The van der Waals surface area contributed by atoms with Gasteiger partial charge in [-0.1, -0.05) is 6.92 Å². The molecule has 1 fully saturated rings. The molecule has 114 valence electrons. The summed E-state index contributed by atoms with van der Waals surface area (Å²) in [6.07, 6.45) is 7.00. The summed E-state index contributed by atoms with van der Waals surface area (Å²) in [5, 5.41) is 14.6. The van der Waals surface area contributed by atoms with Crippen LogP contribution in [-0.4, -0.2) is 34.7 Å². The predicted octanol–water partition coefficient (Wildman–Crippen LogP) is 2.14. The maximum atomic E-state index is 9.98. The van der Waals surface area contributed by atoms with E-state index in [1.54, 1.807) is 6.20 Å². The van der Waals surface area contributed by atoms with E-state index in [1.807, 2.05) is 18.2 Å². The van der Waals surface area contributed by atoms with Crippen molar-refractivity contribution in [2.24, 2.45) is 5.92 Å². The van der Waals surface area contributed by atoms with Crippen molar-refractivity contribution < 1.29 is 9.68 Å². The second-order valence-corrected chi connectivity index (χ2v) is 6.19. The molecule has 4 rings (SSSR count). The van der Waals surface area contributed by atoms with Gasteiger partial charge in [0.1, 0.15) is 11.4 Å². The fourth-order valence-corrected chi connectivity index (χ4v) is 3.50. The van der Waals surface area contributed by atoms with Crippen LogP contribution in [0.25, 0.3) is 16.6 Å². The number of pyridine rings is 1. The Balaban J connectivity index is 1.65. The lowest BCUT2D eigenvalue weighted by atomic mass is 9.68. The molecule has 0 spiro atoms. The van der Waals surface area contributed by atoms with Crippen molar-refractivity contribution in [1.29, 1.82) is 0 Å². The van der Waals surface area contributed by atoms with Gasteiger partial charge in [-0.3, -0.25) is 0 Å². The third-order valence-electron chi connectivity index (χ3n) is 4.67. The minimum Gasteiger partial charge on any atom is -0.531 e. The number of hydrogen-bond acceptors (Lipinski definition) is 4. The summed E-state index contributed by atoms with van der Waals surface area (Å²) >= 11 is 0. The van der Waals surface area contributed by atoms with Crippen LogP contribution in [-0.2, 0) is 0 Å². The molecule has 6 heteroatoms. The van der Waals surface area contributed by atoms with Crippen LogP contribution in [0.3, 0.4) is 0 Å². The topological polar surface area (TPSA) is 70.2 Å². The minimum atomic E-state index is -0.872. The highest BCUT2D eigenvalue weighted by Crippen LogP contribution is 2.45. The first-order chi connectivity index (χ1) is 10.8. The van der Waals surface area contributed by atoms with Gasteiger partial charge in [0.25, 0.3) is 0 Å². The Hall–Kier alpha value is -1.79. The van der Waals surface area contributed by atoms with Crippen LogP contribution in [0.2, 0.25) is 0 Å². The summed E-state index contributed by atoms with van der Waals surface area (Å²) < 4.78 is 5.54. The van der Waals surface area contributed by atoms with Gasteiger partial charge in [0, 0.05) is 23.2 Å². The van der Waals surface area contributed by atoms with Gasteiger partial charge in [-0.15, -0.1) is 0 Å². The maximum Gasteiger partial charge on any atom is 0.552 e. The summed E-state index contributed by atoms with van der Waals surface area (Å²) in [6.45, 7) is 3.26. The number of fused-ring (bicyclic) bond motifs is 3. The van der Waals surface area contributed by atoms with Crippen LogP contribution in [0.15, 0.2) is 24.4 Å². The van der Waals surface area contributed by atoms with Gasteiger partial charge in [-0.05, 0) is 49.3 Å². The Bertz CT molecular complexity index is 721. The summed E-state index contributed by atoms with van der Waals surface area (Å²) in [7, 11) is -0.872. The molecule has 0 aromatic carbocycles. The zero-order chi connectivity index (χ0) is 15.1. The molecule has 0 amide bonds. The molecule has 3 heterocycles. The first kappa shape index (κ1) is 13.8. The van der Waals surface area contributed by atoms with E-state index in [9.17, 15) is 5.02 Å². The second-order valence-electron chi connectivity index (χ2n) is 6.19. The Labute approximate surface area is 129 Å². The van der Waals surface area contributed by atoms with Crippen molar-refractivity contribution in [3.63, 3.8) is 0 Å². The van der Waals surface area contributed by atoms with Crippen molar-refractivity contribution in [3.8, 4) is 5.75 Å². The van der Waals surface area contributed by atoms with E-state index in [2.05, 4.69) is 22.2 Å². The second kappa shape index (κ2) is 5.45. The Morgan fingerprint density at radius 2 is 2.36 bits per heavy atom. The molecule has 2 aromatic heterocycles. The van der Waals surface area contributed by atoms with E-state index in [1.165, 1.54) is 5.57 Å². The van der Waals surface area contributed by atoms with Gasteiger partial charge in [-0.25, -0.2) is 4.98 Å². The number of aromatic nitrogens is 2. The largest absolute Gasteiger partial charge is 0.552 e. The highest BCUT2D eigenvalue weighted by Gasteiger charge is 2.37. The average Bonchev–Trinajstić information content (AvgIpc) is 2.93. The fraction of sp³-hybridized carbons (Fsp3) is 0.438. The minimum absolute atomic E-state index is 0.479. The zero-order valence-corrected chi connectivity index (χ0v) is 12.7. The van der Waals surface area contributed by atoms with E-state index in [0.717, 1.165) is 42.4 Å². The number of nitrogens with one attached hydrogen (secondary N) is 2. The lowest BCUT2D eigenvalue weighted by molar-refractivity contribution is 0.276. The molecule has 22 heavy (non-hydrogen) atoms. The Kier molecular flexibility index (Phi) is 3.43. The SMILES string of the molecule is CCCNC1CC(C2=CB(O)Oc3cnc4[nH]ccc4c32)C1. The van der Waals surface area contributed by atoms with Crippen molar-refractivity contribution in [2.45, 2.75) is 32.2 Å². The van der Waals surface area contributed by atoms with Crippen LogP contribution in [0, 0.1) is 5.92 Å². The Morgan fingerprint density at radius 1 is 1.50 bits per heavy atom. The van der Waals surface area contributed by atoms with E-state index in [4.69, 9.17) is 4.65 Å². The standard InChI is InChI=1S/C16H20BN3O2/c1-2-4-18-11-6-10(7-11)13-8-17(21)22-14-9-20-16-12(15(13)14)3-5-19-16/h3,5,8-11,18,21H,2,4,6-7H2,1H3,(H,19,20). The highest BCUT2D eigenvalue weighted by molar-refractivity contribution is 6.52. The van der Waals surface area contributed by atoms with Crippen molar-refractivity contribution >= 4 is 23.7 Å². The van der Waals surface area contributed by atoms with Crippen molar-refractivity contribution in [2.75, 3.05) is 6.54 Å². The molecule has 2 aromatic rings. The van der Waals surface area contributed by atoms with Gasteiger partial charge in [0.2, 0.25) is 0 Å². The smallest absolute Gasteiger partial charge is 0.531 e. The first-order valence-electron chi connectivity index (χ1n) is 8.02. The van der Waals surface area contributed by atoms with Crippen molar-refractivity contribution in [1.82, 2.24) is 15.3 Å². The van der Waals surface area contributed by atoms with Crippen LogP contribution in [0.5, 0.6) is 5.75 Å². The number of H-pyrrole nitrogens is 1. The molecular weight excluding hydrogens is 277 g/mol. The van der Waals surface area contributed by atoms with Gasteiger partial charge >= 0.3 is 7.12 Å². The van der Waals surface area contributed by atoms with E-state index in [0.29, 0.717) is 17.7 Å². The number of allylic oxidation sites excluding steroid dienone is 1. The van der Waals surface area contributed by atoms with Gasteiger partial charge < -0.3 is 20.0 Å². The molecule has 0 radical (unpaired) electrons. The molecule has 0 saturated heterocycles. The van der Waals surface area contributed by atoms with Gasteiger partial charge in [-0.2, -0.15) is 0 Å². The molecule has 0 bridgehead atoms. The van der Waals surface area contributed by atoms with Crippen LogP contribution in [0.4, 0.5) is 0 Å². The zero-order valence-electron chi connectivity index (χ0n) is 12.7. The van der Waals surface area contributed by atoms with Crippen molar-refractivity contribution in [3.05, 3.63) is 30.0 Å². The highest BCUT2D eigenvalue weighted by atomic mass is 16.5. The lowest BCUT2D eigenvalue weighted by Crippen LogP contribution is -2.42. The van der Waals surface area contributed by atoms with E-state index < -0.39 is 7.12 Å². The van der Waals surface area contributed by atoms with Crippen LogP contribution in [0.1, 0.15) is 31.7 Å². The molecular formula is C16H20BN3O2. The molecule has 0 atom stereocenters. The van der Waals surface area contributed by atoms with Crippen LogP contribution < -0.4 is 9.97 Å². The molecule has 5 nitrogen and oxygen atoms in total.